The Kier molecular flexibility index (Phi) is 6.76. The van der Waals surface area contributed by atoms with E-state index >= 15 is 0 Å². The fourth-order valence-electron chi connectivity index (χ4n) is 2.63. The van der Waals surface area contributed by atoms with Crippen LogP contribution in [0.25, 0.3) is 0 Å². The summed E-state index contributed by atoms with van der Waals surface area (Å²) in [7, 11) is 1.80. The number of carbonyl (C=O) groups is 1. The molecule has 0 saturated heterocycles. The van der Waals surface area contributed by atoms with E-state index < -0.39 is 5.82 Å². The Morgan fingerprint density at radius 1 is 1.31 bits per heavy atom. The Labute approximate surface area is 177 Å². The first-order valence-corrected chi connectivity index (χ1v) is 10.2. The number of aromatic nitrogens is 3. The molecule has 3 aromatic rings. The van der Waals surface area contributed by atoms with Crippen molar-refractivity contribution in [1.82, 2.24) is 14.8 Å². The summed E-state index contributed by atoms with van der Waals surface area (Å²) < 4.78 is 21.3. The van der Waals surface area contributed by atoms with Gasteiger partial charge in [-0.05, 0) is 49.7 Å². The van der Waals surface area contributed by atoms with Gasteiger partial charge in [0.05, 0.1) is 11.4 Å². The van der Waals surface area contributed by atoms with Gasteiger partial charge in [0, 0.05) is 12.1 Å². The molecule has 1 amide bonds. The van der Waals surface area contributed by atoms with Gasteiger partial charge in [-0.25, -0.2) is 4.39 Å². The second-order valence-electron chi connectivity index (χ2n) is 6.39. The van der Waals surface area contributed by atoms with Crippen molar-refractivity contribution in [3.8, 4) is 5.75 Å². The molecule has 2 aromatic carbocycles. The van der Waals surface area contributed by atoms with Crippen molar-refractivity contribution < 1.29 is 13.9 Å². The van der Waals surface area contributed by atoms with E-state index in [1.807, 2.05) is 19.9 Å². The number of anilines is 1. The third-order valence-corrected chi connectivity index (χ3v) is 5.60. The maximum absolute atomic E-state index is 13.6. The van der Waals surface area contributed by atoms with Gasteiger partial charge in [-0.1, -0.05) is 35.5 Å². The average molecular weight is 435 g/mol. The molecule has 1 heterocycles. The number of hydrogen-bond acceptors (Lipinski definition) is 5. The molecule has 0 aliphatic carbocycles. The minimum atomic E-state index is -0.477. The van der Waals surface area contributed by atoms with Gasteiger partial charge in [0.1, 0.15) is 11.6 Å². The molecular weight excluding hydrogens is 415 g/mol. The fourth-order valence-corrected chi connectivity index (χ4v) is 3.47. The maximum atomic E-state index is 13.6. The summed E-state index contributed by atoms with van der Waals surface area (Å²) in [5.74, 6) is 0.572. The molecule has 1 aromatic heterocycles. The van der Waals surface area contributed by atoms with Crippen molar-refractivity contribution in [3.05, 3.63) is 64.7 Å². The molecule has 0 saturated carbocycles. The molecule has 0 aliphatic heterocycles. The van der Waals surface area contributed by atoms with Gasteiger partial charge in [-0.3, -0.25) is 4.79 Å². The monoisotopic (exact) mass is 434 g/mol. The van der Waals surface area contributed by atoms with Crippen molar-refractivity contribution in [1.29, 1.82) is 0 Å². The maximum Gasteiger partial charge on any atom is 0.234 e. The van der Waals surface area contributed by atoms with Crippen molar-refractivity contribution in [2.75, 3.05) is 11.1 Å². The summed E-state index contributed by atoms with van der Waals surface area (Å²) in [5.41, 5.74) is 1.07. The number of thioether (sulfide) groups is 1. The molecule has 0 bridgehead atoms. The zero-order valence-corrected chi connectivity index (χ0v) is 17.7. The summed E-state index contributed by atoms with van der Waals surface area (Å²) >= 11 is 7.26. The molecule has 9 heteroatoms. The topological polar surface area (TPSA) is 69.0 Å². The Hall–Kier alpha value is -2.58. The van der Waals surface area contributed by atoms with Crippen LogP contribution in [-0.2, 0) is 11.8 Å². The van der Waals surface area contributed by atoms with Crippen LogP contribution in [-0.4, -0.2) is 26.4 Å². The predicted octanol–water partition coefficient (Wildman–Crippen LogP) is 4.79. The van der Waals surface area contributed by atoms with Crippen LogP contribution in [0.2, 0.25) is 5.02 Å². The van der Waals surface area contributed by atoms with Crippen molar-refractivity contribution >= 4 is 35.0 Å². The van der Waals surface area contributed by atoms with E-state index in [4.69, 9.17) is 16.3 Å². The Balaban J connectivity index is 1.60. The Bertz CT molecular complexity index is 1030. The van der Waals surface area contributed by atoms with E-state index in [1.165, 1.54) is 23.9 Å². The number of para-hydroxylation sites is 1. The van der Waals surface area contributed by atoms with E-state index in [0.29, 0.717) is 21.8 Å². The average Bonchev–Trinajstić information content (AvgIpc) is 3.05. The summed E-state index contributed by atoms with van der Waals surface area (Å²) in [6.45, 7) is 3.77. The number of nitrogens with one attached hydrogen (secondary N) is 1. The summed E-state index contributed by atoms with van der Waals surface area (Å²) in [6, 6.07) is 11.5. The lowest BCUT2D eigenvalue weighted by Gasteiger charge is -2.15. The number of benzene rings is 2. The van der Waals surface area contributed by atoms with Gasteiger partial charge in [-0.2, -0.15) is 0 Å². The molecule has 1 atom stereocenters. The number of rotatable bonds is 7. The largest absolute Gasteiger partial charge is 0.483 e. The molecule has 6 nitrogen and oxygen atoms in total. The smallest absolute Gasteiger partial charge is 0.234 e. The Morgan fingerprint density at radius 3 is 2.79 bits per heavy atom. The van der Waals surface area contributed by atoms with Crippen LogP contribution in [0.1, 0.15) is 24.4 Å². The number of ether oxygens (including phenoxy) is 1. The molecule has 152 valence electrons. The molecule has 0 radical (unpaired) electrons. The lowest BCUT2D eigenvalue weighted by atomic mass is 10.2. The lowest BCUT2D eigenvalue weighted by molar-refractivity contribution is -0.113. The van der Waals surface area contributed by atoms with Crippen LogP contribution in [0, 0.1) is 12.7 Å². The highest BCUT2D eigenvalue weighted by Gasteiger charge is 2.18. The number of nitrogens with zero attached hydrogens (tertiary/aromatic N) is 3. The van der Waals surface area contributed by atoms with Crippen molar-refractivity contribution in [2.45, 2.75) is 25.1 Å². The van der Waals surface area contributed by atoms with E-state index in [1.54, 1.807) is 35.9 Å². The van der Waals surface area contributed by atoms with Crippen LogP contribution in [0.15, 0.2) is 47.6 Å². The van der Waals surface area contributed by atoms with E-state index in [2.05, 4.69) is 15.5 Å². The molecule has 0 spiro atoms. The molecule has 1 unspecified atom stereocenters. The molecule has 0 aliphatic rings. The van der Waals surface area contributed by atoms with Crippen LogP contribution >= 0.6 is 23.4 Å². The number of carbonyl (C=O) groups excluding carboxylic acids is 1. The van der Waals surface area contributed by atoms with Crippen LogP contribution in [0.4, 0.5) is 10.1 Å². The number of aryl methyl sites for hydroxylation is 1. The van der Waals surface area contributed by atoms with E-state index in [-0.39, 0.29) is 23.5 Å². The van der Waals surface area contributed by atoms with Gasteiger partial charge in [0.15, 0.2) is 17.1 Å². The van der Waals surface area contributed by atoms with E-state index in [0.717, 1.165) is 5.56 Å². The first-order valence-electron chi connectivity index (χ1n) is 8.84. The molecule has 1 N–H and O–H groups in total. The second-order valence-corrected chi connectivity index (χ2v) is 7.74. The predicted molar refractivity (Wildman–Crippen MR) is 112 cm³/mol. The van der Waals surface area contributed by atoms with Crippen LogP contribution < -0.4 is 10.1 Å². The minimum absolute atomic E-state index is 0.0753. The van der Waals surface area contributed by atoms with Crippen LogP contribution in [0.5, 0.6) is 5.75 Å². The highest BCUT2D eigenvalue weighted by atomic mass is 35.5. The van der Waals surface area contributed by atoms with Crippen LogP contribution in [0.3, 0.4) is 0 Å². The summed E-state index contributed by atoms with van der Waals surface area (Å²) in [4.78, 5) is 12.1. The third kappa shape index (κ3) is 5.27. The highest BCUT2D eigenvalue weighted by molar-refractivity contribution is 7.99. The van der Waals surface area contributed by atoms with E-state index in [9.17, 15) is 9.18 Å². The summed E-state index contributed by atoms with van der Waals surface area (Å²) in [5, 5.41) is 12.1. The molecule has 0 fully saturated rings. The Morgan fingerprint density at radius 2 is 2.07 bits per heavy atom. The van der Waals surface area contributed by atoms with Gasteiger partial charge >= 0.3 is 0 Å². The fraction of sp³-hybridized carbons (Fsp3) is 0.250. The van der Waals surface area contributed by atoms with Gasteiger partial charge < -0.3 is 14.6 Å². The highest BCUT2D eigenvalue weighted by Crippen LogP contribution is 2.26. The standard InChI is InChI=1S/C20H20ClFN4O2S/c1-12-10-14(8-9-15(12)21)28-13(2)19-24-25-20(26(19)3)29-11-18(27)23-17-7-5-4-6-16(17)22/h4-10,13H,11H2,1-3H3,(H,23,27). The SMILES string of the molecule is Cc1cc(OC(C)c2nnc(SCC(=O)Nc3ccccc3F)n2C)ccc1Cl. The second kappa shape index (κ2) is 9.28. The molecule has 3 rings (SSSR count). The number of hydrogen-bond donors (Lipinski definition) is 1. The summed E-state index contributed by atoms with van der Waals surface area (Å²) in [6.07, 6.45) is -0.352. The zero-order valence-electron chi connectivity index (χ0n) is 16.1. The number of halogens is 2. The van der Waals surface area contributed by atoms with Gasteiger partial charge in [0.25, 0.3) is 0 Å². The van der Waals surface area contributed by atoms with Crippen molar-refractivity contribution in [3.63, 3.8) is 0 Å². The van der Waals surface area contributed by atoms with Crippen molar-refractivity contribution in [2.24, 2.45) is 7.05 Å². The molecule has 29 heavy (non-hydrogen) atoms. The molecular formula is C20H20ClFN4O2S. The number of amides is 1. The first-order chi connectivity index (χ1) is 13.8. The normalized spacial score (nSPS) is 11.9. The zero-order chi connectivity index (χ0) is 21.0. The lowest BCUT2D eigenvalue weighted by Crippen LogP contribution is -2.15. The first kappa shape index (κ1) is 21.1. The third-order valence-electron chi connectivity index (χ3n) is 4.15. The van der Waals surface area contributed by atoms with Gasteiger partial charge in [0.2, 0.25) is 5.91 Å². The quantitative estimate of drug-likeness (QED) is 0.541. The minimum Gasteiger partial charge on any atom is -0.483 e. The van der Waals surface area contributed by atoms with Gasteiger partial charge in [-0.15, -0.1) is 10.2 Å².